The van der Waals surface area contributed by atoms with Crippen LogP contribution in [0.3, 0.4) is 0 Å². The first-order valence-corrected chi connectivity index (χ1v) is 11.4. The molecular formula is C25H23Cl2N5O2. The van der Waals surface area contributed by atoms with Gasteiger partial charge in [-0.2, -0.15) is 0 Å². The van der Waals surface area contributed by atoms with Crippen LogP contribution in [0.15, 0.2) is 65.4 Å². The van der Waals surface area contributed by atoms with Gasteiger partial charge in [0.2, 0.25) is 5.62 Å². The molecule has 2 heterocycles. The Morgan fingerprint density at radius 2 is 1.91 bits per heavy atom. The van der Waals surface area contributed by atoms with E-state index in [0.29, 0.717) is 27.8 Å². The number of dihydropyridines is 1. The molecule has 1 aromatic heterocycles. The van der Waals surface area contributed by atoms with E-state index in [1.54, 1.807) is 34.5 Å². The number of nitrogens with one attached hydrogen (secondary N) is 2. The molecule has 3 aromatic rings. The summed E-state index contributed by atoms with van der Waals surface area (Å²) in [6, 6.07) is 10.8. The van der Waals surface area contributed by atoms with Crippen molar-refractivity contribution in [2.24, 2.45) is 12.0 Å². The van der Waals surface area contributed by atoms with E-state index in [9.17, 15) is 9.59 Å². The summed E-state index contributed by atoms with van der Waals surface area (Å²) in [7, 11) is 1.81. The van der Waals surface area contributed by atoms with Crippen LogP contribution in [-0.2, 0) is 24.9 Å². The summed E-state index contributed by atoms with van der Waals surface area (Å²) in [6.07, 6.45) is 6.75. The summed E-state index contributed by atoms with van der Waals surface area (Å²) in [6.45, 7) is 2.59. The van der Waals surface area contributed by atoms with E-state index < -0.39 is 0 Å². The molecule has 0 spiro atoms. The number of amides is 2. The Balaban J connectivity index is 1.65. The number of carbonyl (C=O) groups excluding carboxylic acids is 2. The van der Waals surface area contributed by atoms with Gasteiger partial charge in [0, 0.05) is 49.8 Å². The number of carbonyl (C=O) groups is 2. The third kappa shape index (κ3) is 5.21. The SMILES string of the molecule is CC1=CC(=O)N=CC1c1cc(Cn2ccn(C)c2=N)cc(C(=O)NCc2ccc(Cl)c(Cl)c2)c1. The minimum Gasteiger partial charge on any atom is -0.348 e. The van der Waals surface area contributed by atoms with E-state index in [-0.39, 0.29) is 24.3 Å². The minimum atomic E-state index is -0.289. The maximum absolute atomic E-state index is 13.1. The Kier molecular flexibility index (Phi) is 6.86. The van der Waals surface area contributed by atoms with Crippen molar-refractivity contribution in [1.29, 1.82) is 5.41 Å². The largest absolute Gasteiger partial charge is 0.348 e. The molecule has 9 heteroatoms. The smallest absolute Gasteiger partial charge is 0.269 e. The molecule has 7 nitrogen and oxygen atoms in total. The van der Waals surface area contributed by atoms with Gasteiger partial charge >= 0.3 is 0 Å². The summed E-state index contributed by atoms with van der Waals surface area (Å²) in [5.41, 5.74) is 4.22. The van der Waals surface area contributed by atoms with Crippen LogP contribution in [0.4, 0.5) is 0 Å². The predicted octanol–water partition coefficient (Wildman–Crippen LogP) is 4.23. The standard InChI is InChI=1S/C25H23Cl2N5O2/c1-15-7-23(33)29-13-20(15)18-8-17(14-32-6-5-31(2)25(32)28)9-19(11-18)24(34)30-12-16-3-4-21(26)22(27)10-16/h3-11,13,20,28H,12,14H2,1-2H3,(H,30,34). The number of aryl methyl sites for hydroxylation is 1. The number of imidazole rings is 1. The lowest BCUT2D eigenvalue weighted by molar-refractivity contribution is -0.113. The number of nitrogens with zero attached hydrogens (tertiary/aromatic N) is 3. The van der Waals surface area contributed by atoms with Crippen LogP contribution in [0.1, 0.15) is 39.9 Å². The van der Waals surface area contributed by atoms with Crippen molar-refractivity contribution in [2.45, 2.75) is 25.9 Å². The number of rotatable bonds is 6. The van der Waals surface area contributed by atoms with Gasteiger partial charge in [0.1, 0.15) is 0 Å². The summed E-state index contributed by atoms with van der Waals surface area (Å²) < 4.78 is 3.50. The van der Waals surface area contributed by atoms with E-state index in [1.807, 2.05) is 43.6 Å². The van der Waals surface area contributed by atoms with Gasteiger partial charge in [-0.15, -0.1) is 0 Å². The lowest BCUT2D eigenvalue weighted by atomic mass is 9.89. The molecule has 1 unspecified atom stereocenters. The zero-order valence-corrected chi connectivity index (χ0v) is 20.2. The number of aromatic nitrogens is 2. The van der Waals surface area contributed by atoms with E-state index >= 15 is 0 Å². The minimum absolute atomic E-state index is 0.212. The normalized spacial score (nSPS) is 15.4. The maximum Gasteiger partial charge on any atom is 0.269 e. The van der Waals surface area contributed by atoms with Crippen LogP contribution >= 0.6 is 23.2 Å². The van der Waals surface area contributed by atoms with Gasteiger partial charge in [-0.05, 0) is 47.9 Å². The van der Waals surface area contributed by atoms with Crippen molar-refractivity contribution in [3.8, 4) is 0 Å². The summed E-state index contributed by atoms with van der Waals surface area (Å²) in [4.78, 5) is 28.7. The van der Waals surface area contributed by atoms with Crippen molar-refractivity contribution >= 4 is 41.2 Å². The summed E-state index contributed by atoms with van der Waals surface area (Å²) in [5.74, 6) is -0.748. The highest BCUT2D eigenvalue weighted by Gasteiger charge is 2.19. The molecule has 2 N–H and O–H groups in total. The second-order valence-corrected chi connectivity index (χ2v) is 9.05. The molecule has 1 atom stereocenters. The first kappa shape index (κ1) is 23.7. The average molecular weight is 496 g/mol. The average Bonchev–Trinajstić information content (AvgIpc) is 3.11. The van der Waals surface area contributed by atoms with E-state index in [0.717, 1.165) is 22.3 Å². The number of hydrogen-bond donors (Lipinski definition) is 2. The number of halogens is 2. The van der Waals surface area contributed by atoms with Gasteiger partial charge < -0.3 is 14.5 Å². The van der Waals surface area contributed by atoms with Crippen LogP contribution in [0, 0.1) is 5.41 Å². The molecule has 0 bridgehead atoms. The van der Waals surface area contributed by atoms with Crippen LogP contribution in [-0.4, -0.2) is 27.2 Å². The first-order chi connectivity index (χ1) is 16.2. The molecule has 0 saturated carbocycles. The summed E-state index contributed by atoms with van der Waals surface area (Å²) >= 11 is 12.1. The summed E-state index contributed by atoms with van der Waals surface area (Å²) in [5, 5.41) is 12.0. The predicted molar refractivity (Wildman–Crippen MR) is 132 cm³/mol. The lowest BCUT2D eigenvalue weighted by Gasteiger charge is -2.19. The molecule has 4 rings (SSSR count). The van der Waals surface area contributed by atoms with Gasteiger partial charge in [-0.1, -0.05) is 40.9 Å². The monoisotopic (exact) mass is 495 g/mol. The van der Waals surface area contributed by atoms with Crippen molar-refractivity contribution in [1.82, 2.24) is 14.5 Å². The van der Waals surface area contributed by atoms with E-state index in [4.69, 9.17) is 28.6 Å². The van der Waals surface area contributed by atoms with Crippen LogP contribution in [0.2, 0.25) is 10.0 Å². The van der Waals surface area contributed by atoms with Crippen molar-refractivity contribution in [3.63, 3.8) is 0 Å². The highest BCUT2D eigenvalue weighted by molar-refractivity contribution is 6.42. The Hall–Kier alpha value is -3.42. The lowest BCUT2D eigenvalue weighted by Crippen LogP contribution is -2.25. The Bertz CT molecular complexity index is 1400. The van der Waals surface area contributed by atoms with Crippen molar-refractivity contribution < 1.29 is 9.59 Å². The fourth-order valence-electron chi connectivity index (χ4n) is 3.84. The molecule has 2 aromatic carbocycles. The third-order valence-electron chi connectivity index (χ3n) is 5.70. The molecule has 0 saturated heterocycles. The number of aliphatic imine (C=N–C) groups is 1. The highest BCUT2D eigenvalue weighted by atomic mass is 35.5. The van der Waals surface area contributed by atoms with Crippen molar-refractivity contribution in [2.75, 3.05) is 0 Å². The van der Waals surface area contributed by atoms with Crippen LogP contribution in [0.25, 0.3) is 0 Å². The Morgan fingerprint density at radius 3 is 2.59 bits per heavy atom. The molecule has 2 amide bonds. The van der Waals surface area contributed by atoms with Gasteiger partial charge in [0.05, 0.1) is 16.6 Å². The zero-order valence-electron chi connectivity index (χ0n) is 18.7. The molecule has 34 heavy (non-hydrogen) atoms. The van der Waals surface area contributed by atoms with Gasteiger partial charge in [0.25, 0.3) is 11.8 Å². The third-order valence-corrected chi connectivity index (χ3v) is 6.43. The zero-order chi connectivity index (χ0) is 24.4. The fourth-order valence-corrected chi connectivity index (χ4v) is 4.16. The number of hydrogen-bond acceptors (Lipinski definition) is 3. The van der Waals surface area contributed by atoms with Crippen LogP contribution < -0.4 is 10.9 Å². The second-order valence-electron chi connectivity index (χ2n) is 8.24. The molecule has 0 fully saturated rings. The number of allylic oxidation sites excluding steroid dienone is 1. The van der Waals surface area contributed by atoms with Gasteiger partial charge in [-0.3, -0.25) is 15.0 Å². The fraction of sp³-hybridized carbons (Fsp3) is 0.200. The topological polar surface area (TPSA) is 92.2 Å². The Labute approximate surface area is 206 Å². The van der Waals surface area contributed by atoms with E-state index in [2.05, 4.69) is 10.3 Å². The Morgan fingerprint density at radius 1 is 1.12 bits per heavy atom. The second kappa shape index (κ2) is 9.83. The molecule has 1 aliphatic heterocycles. The van der Waals surface area contributed by atoms with Crippen LogP contribution in [0.5, 0.6) is 0 Å². The molecule has 174 valence electrons. The maximum atomic E-state index is 13.1. The van der Waals surface area contributed by atoms with E-state index in [1.165, 1.54) is 6.08 Å². The first-order valence-electron chi connectivity index (χ1n) is 10.6. The molecular weight excluding hydrogens is 473 g/mol. The molecule has 0 radical (unpaired) electrons. The van der Waals surface area contributed by atoms with Crippen molar-refractivity contribution in [3.05, 3.63) is 98.4 Å². The molecule has 1 aliphatic rings. The van der Waals surface area contributed by atoms with Gasteiger partial charge in [0.15, 0.2) is 0 Å². The van der Waals surface area contributed by atoms with Gasteiger partial charge in [-0.25, -0.2) is 4.99 Å². The quantitative estimate of drug-likeness (QED) is 0.535. The molecule has 0 aliphatic carbocycles. The highest BCUT2D eigenvalue weighted by Crippen LogP contribution is 2.27. The number of benzene rings is 2.